The lowest BCUT2D eigenvalue weighted by Crippen LogP contribution is -2.18. The van der Waals surface area contributed by atoms with Gasteiger partial charge in [0.2, 0.25) is 0 Å². The molecule has 1 N–H and O–H groups in total. The zero-order chi connectivity index (χ0) is 13.1. The van der Waals surface area contributed by atoms with Crippen molar-refractivity contribution in [3.63, 3.8) is 0 Å². The zero-order valence-electron chi connectivity index (χ0n) is 9.75. The topological polar surface area (TPSA) is 12.0 Å². The molecule has 2 aromatic rings. The number of hydrogen-bond acceptors (Lipinski definition) is 1. The van der Waals surface area contributed by atoms with Crippen molar-refractivity contribution in [2.24, 2.45) is 0 Å². The second kappa shape index (κ2) is 5.83. The van der Waals surface area contributed by atoms with E-state index in [1.54, 1.807) is 6.07 Å². The quantitative estimate of drug-likeness (QED) is 0.871. The number of rotatable bonds is 3. The summed E-state index contributed by atoms with van der Waals surface area (Å²) in [5.74, 6) is -0.254. The first-order chi connectivity index (χ1) is 8.61. The van der Waals surface area contributed by atoms with Crippen LogP contribution in [0.4, 0.5) is 4.39 Å². The van der Waals surface area contributed by atoms with Crippen LogP contribution in [0.2, 0.25) is 5.02 Å². The molecule has 0 aromatic heterocycles. The van der Waals surface area contributed by atoms with Crippen LogP contribution in [0.25, 0.3) is 0 Å². The molecule has 2 rings (SSSR count). The van der Waals surface area contributed by atoms with Gasteiger partial charge < -0.3 is 5.32 Å². The van der Waals surface area contributed by atoms with Gasteiger partial charge in [0.05, 0.1) is 6.04 Å². The van der Waals surface area contributed by atoms with Gasteiger partial charge in [0.25, 0.3) is 0 Å². The highest BCUT2D eigenvalue weighted by Crippen LogP contribution is 2.30. The van der Waals surface area contributed by atoms with Gasteiger partial charge in [0.1, 0.15) is 5.82 Å². The molecule has 0 fully saturated rings. The van der Waals surface area contributed by atoms with E-state index >= 15 is 0 Å². The summed E-state index contributed by atoms with van der Waals surface area (Å²) in [6.07, 6.45) is 0. The minimum Gasteiger partial charge on any atom is -0.309 e. The first-order valence-corrected chi connectivity index (χ1v) is 6.66. The fraction of sp³-hybridized carbons (Fsp3) is 0.143. The van der Waals surface area contributed by atoms with Crippen molar-refractivity contribution in [1.82, 2.24) is 5.32 Å². The summed E-state index contributed by atoms with van der Waals surface area (Å²) in [5.41, 5.74) is 1.84. The van der Waals surface area contributed by atoms with Gasteiger partial charge in [-0.25, -0.2) is 4.39 Å². The molecule has 0 aliphatic carbocycles. The van der Waals surface area contributed by atoms with Gasteiger partial charge in [0.15, 0.2) is 0 Å². The Balaban J connectivity index is 2.48. The molecule has 1 nitrogen and oxygen atoms in total. The summed E-state index contributed by atoms with van der Waals surface area (Å²) in [5, 5.41) is 3.84. The molecule has 94 valence electrons. The van der Waals surface area contributed by atoms with Crippen LogP contribution in [0.15, 0.2) is 46.9 Å². The van der Waals surface area contributed by atoms with Crippen LogP contribution in [0.5, 0.6) is 0 Å². The Hall–Kier alpha value is -0.900. The Morgan fingerprint density at radius 2 is 2.00 bits per heavy atom. The molecule has 2 aromatic carbocycles. The van der Waals surface area contributed by atoms with E-state index in [1.807, 2.05) is 31.3 Å². The highest BCUT2D eigenvalue weighted by atomic mass is 79.9. The van der Waals surface area contributed by atoms with Gasteiger partial charge in [-0.1, -0.05) is 39.7 Å². The Labute approximate surface area is 119 Å². The van der Waals surface area contributed by atoms with Crippen LogP contribution in [0, 0.1) is 5.82 Å². The van der Waals surface area contributed by atoms with Crippen LogP contribution in [0.3, 0.4) is 0 Å². The summed E-state index contributed by atoms with van der Waals surface area (Å²) in [7, 11) is 1.84. The number of halogens is 3. The molecular weight excluding hydrogens is 317 g/mol. The van der Waals surface area contributed by atoms with Crippen molar-refractivity contribution in [2.75, 3.05) is 7.05 Å². The minimum atomic E-state index is -0.254. The highest BCUT2D eigenvalue weighted by molar-refractivity contribution is 9.10. The predicted molar refractivity (Wildman–Crippen MR) is 76.5 cm³/mol. The summed E-state index contributed by atoms with van der Waals surface area (Å²) in [6, 6.07) is 12.1. The molecule has 18 heavy (non-hydrogen) atoms. The standard InChI is InChI=1S/C14H12BrClFN/c1-18-14(9-3-2-4-10(16)7-9)12-8-11(17)5-6-13(12)15/h2-8,14,18H,1H3. The van der Waals surface area contributed by atoms with E-state index in [4.69, 9.17) is 11.6 Å². The van der Waals surface area contributed by atoms with Crippen LogP contribution in [0.1, 0.15) is 17.2 Å². The summed E-state index contributed by atoms with van der Waals surface area (Å²) in [6.45, 7) is 0. The van der Waals surface area contributed by atoms with E-state index in [0.29, 0.717) is 5.02 Å². The monoisotopic (exact) mass is 327 g/mol. The Kier molecular flexibility index (Phi) is 4.38. The minimum absolute atomic E-state index is 0.103. The molecular formula is C14H12BrClFN. The zero-order valence-corrected chi connectivity index (χ0v) is 12.1. The van der Waals surface area contributed by atoms with Gasteiger partial charge in [-0.15, -0.1) is 0 Å². The van der Waals surface area contributed by atoms with Gasteiger partial charge in [-0.05, 0) is 48.5 Å². The molecule has 0 aliphatic heterocycles. The second-order valence-corrected chi connectivity index (χ2v) is 5.23. The second-order valence-electron chi connectivity index (χ2n) is 3.94. The average Bonchev–Trinajstić information content (AvgIpc) is 2.35. The maximum Gasteiger partial charge on any atom is 0.123 e. The van der Waals surface area contributed by atoms with Gasteiger partial charge in [-0.3, -0.25) is 0 Å². The van der Waals surface area contributed by atoms with E-state index in [9.17, 15) is 4.39 Å². The molecule has 4 heteroatoms. The fourth-order valence-electron chi connectivity index (χ4n) is 1.92. The molecule has 0 heterocycles. The van der Waals surface area contributed by atoms with E-state index in [2.05, 4.69) is 21.2 Å². The van der Waals surface area contributed by atoms with E-state index in [0.717, 1.165) is 15.6 Å². The van der Waals surface area contributed by atoms with E-state index < -0.39 is 0 Å². The third kappa shape index (κ3) is 2.91. The largest absolute Gasteiger partial charge is 0.309 e. The molecule has 1 unspecified atom stereocenters. The van der Waals surface area contributed by atoms with Crippen molar-refractivity contribution >= 4 is 27.5 Å². The highest BCUT2D eigenvalue weighted by Gasteiger charge is 2.15. The van der Waals surface area contributed by atoms with Gasteiger partial charge in [-0.2, -0.15) is 0 Å². The molecule has 0 saturated heterocycles. The van der Waals surface area contributed by atoms with E-state index in [1.165, 1.54) is 12.1 Å². The number of hydrogen-bond donors (Lipinski definition) is 1. The third-order valence-electron chi connectivity index (χ3n) is 2.74. The first kappa shape index (κ1) is 13.5. The SMILES string of the molecule is CNC(c1cccc(Cl)c1)c1cc(F)ccc1Br. The van der Waals surface area contributed by atoms with Crippen LogP contribution in [-0.2, 0) is 0 Å². The summed E-state index contributed by atoms with van der Waals surface area (Å²) >= 11 is 9.44. The molecule has 0 saturated carbocycles. The molecule has 0 aliphatic rings. The Bertz CT molecular complexity index is 559. The first-order valence-electron chi connectivity index (χ1n) is 5.49. The molecule has 0 spiro atoms. The normalized spacial score (nSPS) is 12.4. The average molecular weight is 329 g/mol. The van der Waals surface area contributed by atoms with Gasteiger partial charge >= 0.3 is 0 Å². The van der Waals surface area contributed by atoms with Crippen molar-refractivity contribution in [3.05, 3.63) is 68.9 Å². The Morgan fingerprint density at radius 3 is 2.67 bits per heavy atom. The number of nitrogens with one attached hydrogen (secondary N) is 1. The maximum atomic E-state index is 13.4. The van der Waals surface area contributed by atoms with Crippen molar-refractivity contribution in [2.45, 2.75) is 6.04 Å². The van der Waals surface area contributed by atoms with E-state index in [-0.39, 0.29) is 11.9 Å². The third-order valence-corrected chi connectivity index (χ3v) is 3.70. The lowest BCUT2D eigenvalue weighted by atomic mass is 9.99. The van der Waals surface area contributed by atoms with Gasteiger partial charge in [0, 0.05) is 9.50 Å². The maximum absolute atomic E-state index is 13.4. The van der Waals surface area contributed by atoms with Crippen LogP contribution < -0.4 is 5.32 Å². The van der Waals surface area contributed by atoms with Crippen molar-refractivity contribution < 1.29 is 4.39 Å². The van der Waals surface area contributed by atoms with Crippen molar-refractivity contribution in [1.29, 1.82) is 0 Å². The Morgan fingerprint density at radius 1 is 1.22 bits per heavy atom. The molecule has 0 bridgehead atoms. The fourth-order valence-corrected chi connectivity index (χ4v) is 2.60. The lowest BCUT2D eigenvalue weighted by molar-refractivity contribution is 0.615. The molecule has 0 amide bonds. The predicted octanol–water partition coefficient (Wildman–Crippen LogP) is 4.55. The van der Waals surface area contributed by atoms with Crippen molar-refractivity contribution in [3.8, 4) is 0 Å². The number of benzene rings is 2. The molecule has 0 radical (unpaired) electrons. The summed E-state index contributed by atoms with van der Waals surface area (Å²) < 4.78 is 14.2. The summed E-state index contributed by atoms with van der Waals surface area (Å²) in [4.78, 5) is 0. The van der Waals surface area contributed by atoms with Crippen LogP contribution >= 0.6 is 27.5 Å². The smallest absolute Gasteiger partial charge is 0.123 e. The lowest BCUT2D eigenvalue weighted by Gasteiger charge is -2.19. The molecule has 1 atom stereocenters. The van der Waals surface area contributed by atoms with Crippen LogP contribution in [-0.4, -0.2) is 7.05 Å².